The molecule has 3 aliphatic rings. The minimum atomic E-state index is -0.464. The molecule has 11 heteroatoms. The molecule has 1 aliphatic carbocycles. The molecule has 0 bridgehead atoms. The van der Waals surface area contributed by atoms with Crippen molar-refractivity contribution in [2.24, 2.45) is 5.92 Å². The highest BCUT2D eigenvalue weighted by Crippen LogP contribution is 2.37. The fourth-order valence-electron chi connectivity index (χ4n) is 6.86. The first-order valence-electron chi connectivity index (χ1n) is 16.4. The lowest BCUT2D eigenvalue weighted by molar-refractivity contribution is -0.107. The number of rotatable bonds is 7. The van der Waals surface area contributed by atoms with E-state index in [0.717, 1.165) is 62.7 Å². The topological polar surface area (TPSA) is 132 Å². The maximum absolute atomic E-state index is 12.3. The van der Waals surface area contributed by atoms with Crippen LogP contribution in [0.25, 0.3) is 22.4 Å². The Hall–Kier alpha value is -3.70. The summed E-state index contributed by atoms with van der Waals surface area (Å²) in [5.74, 6) is 1.03. The number of amides is 1. The molecule has 11 nitrogen and oxygen atoms in total. The zero-order chi connectivity index (χ0) is 31.7. The molecule has 1 saturated carbocycles. The van der Waals surface area contributed by atoms with Crippen LogP contribution >= 0.6 is 0 Å². The van der Waals surface area contributed by atoms with E-state index < -0.39 is 5.60 Å². The third-order valence-corrected chi connectivity index (χ3v) is 9.65. The van der Waals surface area contributed by atoms with Gasteiger partial charge in [0.25, 0.3) is 0 Å². The molecule has 6 rings (SSSR count). The number of para-hydroxylation sites is 1. The monoisotopic (exact) mass is 617 g/mol. The highest BCUT2D eigenvalue weighted by Gasteiger charge is 2.39. The van der Waals surface area contributed by atoms with Crippen LogP contribution in [-0.2, 0) is 9.47 Å². The molecular weight excluding hydrogens is 570 g/mol. The van der Waals surface area contributed by atoms with E-state index in [1.807, 2.05) is 56.3 Å². The van der Waals surface area contributed by atoms with Gasteiger partial charge in [0, 0.05) is 42.0 Å². The average Bonchev–Trinajstić information content (AvgIpc) is 3.49. The van der Waals surface area contributed by atoms with Crippen molar-refractivity contribution in [1.29, 1.82) is 0 Å². The van der Waals surface area contributed by atoms with Crippen LogP contribution < -0.4 is 5.73 Å². The van der Waals surface area contributed by atoms with Gasteiger partial charge in [0.2, 0.25) is 0 Å². The Labute approximate surface area is 265 Å². The lowest BCUT2D eigenvalue weighted by Crippen LogP contribution is -2.52. The number of carbonyl (C=O) groups excluding carboxylic acids is 1. The first-order chi connectivity index (χ1) is 21.5. The van der Waals surface area contributed by atoms with E-state index in [1.165, 1.54) is 0 Å². The zero-order valence-corrected chi connectivity index (χ0v) is 26.9. The summed E-state index contributed by atoms with van der Waals surface area (Å²) >= 11 is 0. The highest BCUT2D eigenvalue weighted by molar-refractivity contribution is 5.78. The molecule has 2 aliphatic heterocycles. The fourth-order valence-corrected chi connectivity index (χ4v) is 6.86. The van der Waals surface area contributed by atoms with Crippen LogP contribution in [0.15, 0.2) is 42.7 Å². The smallest absolute Gasteiger partial charge is 0.410 e. The molecule has 1 aromatic carbocycles. The van der Waals surface area contributed by atoms with Crippen LogP contribution in [0, 0.1) is 5.92 Å². The average molecular weight is 618 g/mol. The van der Waals surface area contributed by atoms with E-state index >= 15 is 0 Å². The van der Waals surface area contributed by atoms with Gasteiger partial charge in [-0.3, -0.25) is 4.68 Å². The molecule has 0 spiro atoms. The largest absolute Gasteiger partial charge is 0.507 e. The van der Waals surface area contributed by atoms with Gasteiger partial charge in [0.15, 0.2) is 5.82 Å². The second-order valence-electron chi connectivity index (χ2n) is 13.9. The van der Waals surface area contributed by atoms with E-state index in [4.69, 9.17) is 20.3 Å². The van der Waals surface area contributed by atoms with Gasteiger partial charge in [-0.15, -0.1) is 10.2 Å². The van der Waals surface area contributed by atoms with Crippen LogP contribution in [0.1, 0.15) is 72.3 Å². The van der Waals surface area contributed by atoms with E-state index in [2.05, 4.69) is 26.7 Å². The van der Waals surface area contributed by atoms with Crippen molar-refractivity contribution in [2.75, 3.05) is 31.9 Å². The quantitative estimate of drug-likeness (QED) is 0.352. The molecule has 1 amide bonds. The predicted molar refractivity (Wildman–Crippen MR) is 172 cm³/mol. The summed E-state index contributed by atoms with van der Waals surface area (Å²) in [6.07, 6.45) is 10.4. The van der Waals surface area contributed by atoms with Crippen LogP contribution in [0.5, 0.6) is 5.75 Å². The van der Waals surface area contributed by atoms with Crippen molar-refractivity contribution in [3.05, 3.63) is 42.7 Å². The minimum absolute atomic E-state index is 0.153. The Balaban J connectivity index is 0.955. The predicted octanol–water partition coefficient (Wildman–Crippen LogP) is 5.52. The number of nitrogens with two attached hydrogens (primary N) is 1. The molecule has 1 atom stereocenters. The van der Waals surface area contributed by atoms with Gasteiger partial charge >= 0.3 is 6.09 Å². The number of piperidine rings is 2. The third-order valence-electron chi connectivity index (χ3n) is 9.65. The lowest BCUT2D eigenvalue weighted by Gasteiger charge is -2.47. The van der Waals surface area contributed by atoms with Gasteiger partial charge in [0.05, 0.1) is 30.1 Å². The molecule has 4 heterocycles. The van der Waals surface area contributed by atoms with E-state index in [-0.39, 0.29) is 24.0 Å². The SMILES string of the molecule is CC(C1CCN(C2CC(OC3CCN(C(=O)OC(C)(C)C)CC3)C2)CC1)n1cc(-c2cc(-c3ccccc3O)nnc2N)cn1. The number of hydrogen-bond acceptors (Lipinski definition) is 9. The van der Waals surface area contributed by atoms with Gasteiger partial charge in [-0.25, -0.2) is 4.79 Å². The molecule has 242 valence electrons. The van der Waals surface area contributed by atoms with Crippen molar-refractivity contribution in [3.8, 4) is 28.1 Å². The molecular formula is C34H47N7O4. The van der Waals surface area contributed by atoms with Crippen molar-refractivity contribution in [1.82, 2.24) is 29.8 Å². The number of aromatic hydroxyl groups is 1. The summed E-state index contributed by atoms with van der Waals surface area (Å²) < 4.78 is 14.0. The summed E-state index contributed by atoms with van der Waals surface area (Å²) in [6, 6.07) is 9.81. The van der Waals surface area contributed by atoms with Crippen LogP contribution in [0.3, 0.4) is 0 Å². The molecule has 3 N–H and O–H groups in total. The van der Waals surface area contributed by atoms with Crippen molar-refractivity contribution in [3.63, 3.8) is 0 Å². The fraction of sp³-hybridized carbons (Fsp3) is 0.588. The molecule has 45 heavy (non-hydrogen) atoms. The summed E-state index contributed by atoms with van der Waals surface area (Å²) in [6.45, 7) is 11.6. The Bertz CT molecular complexity index is 1470. The number of nitrogens with zero attached hydrogens (tertiary/aromatic N) is 6. The normalized spacial score (nSPS) is 22.6. The van der Waals surface area contributed by atoms with Crippen molar-refractivity contribution in [2.45, 2.75) is 96.1 Å². The van der Waals surface area contributed by atoms with Gasteiger partial charge in [-0.05, 0) is 103 Å². The number of anilines is 1. The Morgan fingerprint density at radius 3 is 2.40 bits per heavy atom. The van der Waals surface area contributed by atoms with E-state index in [1.54, 1.807) is 12.1 Å². The van der Waals surface area contributed by atoms with Gasteiger partial charge in [0.1, 0.15) is 11.4 Å². The minimum Gasteiger partial charge on any atom is -0.507 e. The van der Waals surface area contributed by atoms with E-state index in [0.29, 0.717) is 48.2 Å². The summed E-state index contributed by atoms with van der Waals surface area (Å²) in [5.41, 5.74) is 8.58. The standard InChI is InChI=1S/C34H47N7O4/c1-22(41-21-24(20-36-41)29-19-30(37-38-32(29)35)28-7-5-6-8-31(28)42)23-9-13-39(14-10-23)25-17-27(18-25)44-26-11-15-40(16-12-26)33(43)45-34(2,3)4/h5-8,19-23,25-27,42H,9-18H2,1-4H3,(H2,35,38). The number of aromatic nitrogens is 4. The summed E-state index contributed by atoms with van der Waals surface area (Å²) in [5, 5.41) is 23.4. The first-order valence-corrected chi connectivity index (χ1v) is 16.4. The number of ether oxygens (including phenoxy) is 2. The molecule has 3 fully saturated rings. The second kappa shape index (κ2) is 13.0. The number of nitrogen functional groups attached to an aromatic ring is 1. The molecule has 2 saturated heterocycles. The number of hydrogen-bond donors (Lipinski definition) is 2. The van der Waals surface area contributed by atoms with Crippen molar-refractivity contribution < 1.29 is 19.4 Å². The summed E-state index contributed by atoms with van der Waals surface area (Å²) in [7, 11) is 0. The Kier molecular flexibility index (Phi) is 9.01. The van der Waals surface area contributed by atoms with Gasteiger partial charge in [-0.1, -0.05) is 12.1 Å². The van der Waals surface area contributed by atoms with Gasteiger partial charge in [-0.2, -0.15) is 5.10 Å². The second-order valence-corrected chi connectivity index (χ2v) is 13.9. The Morgan fingerprint density at radius 2 is 1.71 bits per heavy atom. The van der Waals surface area contributed by atoms with Crippen molar-refractivity contribution >= 4 is 11.9 Å². The molecule has 1 unspecified atom stereocenters. The number of phenols is 1. The van der Waals surface area contributed by atoms with Crippen LogP contribution in [0.2, 0.25) is 0 Å². The van der Waals surface area contributed by atoms with Crippen LogP contribution in [0.4, 0.5) is 10.6 Å². The number of benzene rings is 1. The number of carbonyl (C=O) groups is 1. The van der Waals surface area contributed by atoms with Crippen LogP contribution in [-0.4, -0.2) is 91.0 Å². The number of phenolic OH excluding ortho intramolecular Hbond substituents is 1. The van der Waals surface area contributed by atoms with E-state index in [9.17, 15) is 9.90 Å². The van der Waals surface area contributed by atoms with Gasteiger partial charge < -0.3 is 30.1 Å². The maximum Gasteiger partial charge on any atom is 0.410 e. The highest BCUT2D eigenvalue weighted by atomic mass is 16.6. The Morgan fingerprint density at radius 1 is 1.00 bits per heavy atom. The maximum atomic E-state index is 12.3. The first kappa shape index (κ1) is 31.3. The zero-order valence-electron chi connectivity index (χ0n) is 26.9. The lowest BCUT2D eigenvalue weighted by atomic mass is 9.83. The third kappa shape index (κ3) is 7.25. The molecule has 3 aromatic rings. The number of likely N-dealkylation sites (tertiary alicyclic amines) is 2. The summed E-state index contributed by atoms with van der Waals surface area (Å²) in [4.78, 5) is 16.8. The molecule has 2 aromatic heterocycles. The molecule has 0 radical (unpaired) electrons.